The van der Waals surface area contributed by atoms with Crippen LogP contribution in [0.3, 0.4) is 0 Å². The number of hydrogen-bond acceptors (Lipinski definition) is 9. The zero-order valence-corrected chi connectivity index (χ0v) is 24.6. The Kier molecular flexibility index (Phi) is 12.5. The molecule has 0 aliphatic carbocycles. The zero-order valence-electron chi connectivity index (χ0n) is 24.6. The van der Waals surface area contributed by atoms with Crippen LogP contribution in [0.2, 0.25) is 0 Å². The molecule has 5 N–H and O–H groups in total. The van der Waals surface area contributed by atoms with Crippen molar-refractivity contribution in [3.05, 3.63) is 84.2 Å². The lowest BCUT2D eigenvalue weighted by Crippen LogP contribution is -2.34. The maximum atomic E-state index is 12.0. The Hall–Kier alpha value is -4.97. The van der Waals surface area contributed by atoms with Gasteiger partial charge in [-0.1, -0.05) is 71.0 Å². The summed E-state index contributed by atoms with van der Waals surface area (Å²) in [5, 5.41) is 15.6. The summed E-state index contributed by atoms with van der Waals surface area (Å²) < 4.78 is 15.5. The van der Waals surface area contributed by atoms with E-state index in [4.69, 9.17) is 19.5 Å². The summed E-state index contributed by atoms with van der Waals surface area (Å²) in [4.78, 5) is 35.2. The minimum Gasteiger partial charge on any atom is -0.444 e. The first kappa shape index (κ1) is 32.5. The Labute approximate surface area is 250 Å². The number of aromatic nitrogens is 2. The predicted molar refractivity (Wildman–Crippen MR) is 161 cm³/mol. The number of rotatable bonds is 11. The highest BCUT2D eigenvalue weighted by Gasteiger charge is 2.16. The third-order valence-corrected chi connectivity index (χ3v) is 5.58. The van der Waals surface area contributed by atoms with Crippen molar-refractivity contribution in [3.63, 3.8) is 0 Å². The van der Waals surface area contributed by atoms with E-state index in [9.17, 15) is 14.4 Å². The van der Waals surface area contributed by atoms with Crippen LogP contribution < -0.4 is 21.7 Å². The van der Waals surface area contributed by atoms with Gasteiger partial charge >= 0.3 is 6.09 Å². The van der Waals surface area contributed by atoms with E-state index in [1.165, 1.54) is 0 Å². The van der Waals surface area contributed by atoms with Crippen LogP contribution in [0.4, 0.5) is 4.79 Å². The average Bonchev–Trinajstić information content (AvgIpc) is 3.69. The molecule has 0 bridgehead atoms. The quantitative estimate of drug-likeness (QED) is 0.184. The van der Waals surface area contributed by atoms with E-state index in [1.54, 1.807) is 32.9 Å². The molecule has 12 heteroatoms. The molecule has 4 aromatic rings. The molecule has 2 aromatic heterocycles. The van der Waals surface area contributed by atoms with E-state index in [2.05, 4.69) is 26.3 Å². The fourth-order valence-electron chi connectivity index (χ4n) is 3.52. The summed E-state index contributed by atoms with van der Waals surface area (Å²) in [6, 6.07) is 22.2. The molecule has 0 aliphatic heterocycles. The Morgan fingerprint density at radius 3 is 1.60 bits per heavy atom. The van der Waals surface area contributed by atoms with Gasteiger partial charge in [0.15, 0.2) is 22.9 Å². The van der Waals surface area contributed by atoms with Crippen molar-refractivity contribution in [3.8, 4) is 22.6 Å². The summed E-state index contributed by atoms with van der Waals surface area (Å²) >= 11 is 0. The number of ether oxygens (including phenoxy) is 1. The Balaban J connectivity index is 0.000000248. The van der Waals surface area contributed by atoms with Gasteiger partial charge in [0.1, 0.15) is 5.60 Å². The van der Waals surface area contributed by atoms with Crippen molar-refractivity contribution >= 4 is 17.9 Å². The monoisotopic (exact) mass is 590 g/mol. The number of nitrogens with one attached hydrogen (secondary N) is 3. The number of carbonyl (C=O) groups is 3. The van der Waals surface area contributed by atoms with E-state index >= 15 is 0 Å². The highest BCUT2D eigenvalue weighted by molar-refractivity contribution is 5.93. The zero-order chi connectivity index (χ0) is 31.1. The highest BCUT2D eigenvalue weighted by atomic mass is 16.6. The molecular weight excluding hydrogens is 552 g/mol. The molecule has 0 fully saturated rings. The molecule has 12 nitrogen and oxygen atoms in total. The third-order valence-electron chi connectivity index (χ3n) is 5.58. The lowest BCUT2D eigenvalue weighted by atomic mass is 10.1. The SMILES string of the molecule is CC(C)(C)OC(=O)NCCCNC(=O)c1cc(-c2ccccc2)on1.NCCCNC(=O)c1cc(-c2ccccc2)on1. The Morgan fingerprint density at radius 1 is 0.721 bits per heavy atom. The normalized spacial score (nSPS) is 10.7. The standard InChI is InChI=1S/C18H23N3O4.C13H15N3O2/c1-18(2,3)24-17(23)20-11-7-10-19-16(22)14-12-15(25-21-14)13-8-5-4-6-9-13;14-7-4-8-15-13(17)11-9-12(18-16-11)10-5-2-1-3-6-10/h4-6,8-9,12H,7,10-11H2,1-3H3,(H,19,22)(H,20,23);1-3,5-6,9H,4,7-8,14H2,(H,15,17). The number of alkyl carbamates (subject to hydrolysis) is 1. The highest BCUT2D eigenvalue weighted by Crippen LogP contribution is 2.20. The van der Waals surface area contributed by atoms with Crippen molar-refractivity contribution in [1.29, 1.82) is 0 Å². The van der Waals surface area contributed by atoms with Gasteiger partial charge in [-0.15, -0.1) is 0 Å². The lowest BCUT2D eigenvalue weighted by Gasteiger charge is -2.19. The molecule has 0 saturated heterocycles. The Morgan fingerprint density at radius 2 is 1.16 bits per heavy atom. The molecule has 2 aromatic carbocycles. The first-order chi connectivity index (χ1) is 20.7. The van der Waals surface area contributed by atoms with Crippen LogP contribution in [-0.2, 0) is 4.74 Å². The van der Waals surface area contributed by atoms with Crippen LogP contribution >= 0.6 is 0 Å². The van der Waals surface area contributed by atoms with Gasteiger partial charge in [0.05, 0.1) is 0 Å². The molecule has 4 rings (SSSR count). The molecular formula is C31H38N6O6. The largest absolute Gasteiger partial charge is 0.444 e. The van der Waals surface area contributed by atoms with Crippen molar-refractivity contribution < 1.29 is 28.2 Å². The molecule has 0 atom stereocenters. The number of nitrogens with two attached hydrogens (primary N) is 1. The van der Waals surface area contributed by atoms with E-state index in [0.29, 0.717) is 44.1 Å². The van der Waals surface area contributed by atoms with Crippen molar-refractivity contribution in [1.82, 2.24) is 26.3 Å². The minimum atomic E-state index is -0.526. The molecule has 0 saturated carbocycles. The minimum absolute atomic E-state index is 0.221. The molecule has 0 spiro atoms. The van der Waals surface area contributed by atoms with Crippen LogP contribution in [0.1, 0.15) is 54.6 Å². The molecule has 0 aliphatic rings. The van der Waals surface area contributed by atoms with Gasteiger partial charge in [0.2, 0.25) is 0 Å². The van der Waals surface area contributed by atoms with Gasteiger partial charge < -0.3 is 35.5 Å². The molecule has 3 amide bonds. The van der Waals surface area contributed by atoms with Crippen LogP contribution in [0, 0.1) is 0 Å². The van der Waals surface area contributed by atoms with Crippen LogP contribution in [-0.4, -0.2) is 60.0 Å². The Bertz CT molecular complexity index is 1430. The first-order valence-electron chi connectivity index (χ1n) is 13.9. The first-order valence-corrected chi connectivity index (χ1v) is 13.9. The lowest BCUT2D eigenvalue weighted by molar-refractivity contribution is 0.0527. The number of carbonyl (C=O) groups excluding carboxylic acids is 3. The summed E-state index contributed by atoms with van der Waals surface area (Å²) in [5.74, 6) is 0.564. The van der Waals surface area contributed by atoms with Crippen LogP contribution in [0.5, 0.6) is 0 Å². The average molecular weight is 591 g/mol. The van der Waals surface area contributed by atoms with E-state index in [0.717, 1.165) is 17.5 Å². The molecule has 2 heterocycles. The van der Waals surface area contributed by atoms with E-state index in [-0.39, 0.29) is 23.2 Å². The number of benzene rings is 2. The summed E-state index contributed by atoms with van der Waals surface area (Å²) in [6.45, 7) is 7.31. The number of nitrogens with zero attached hydrogens (tertiary/aromatic N) is 2. The summed E-state index contributed by atoms with van der Waals surface area (Å²) in [7, 11) is 0. The van der Waals surface area contributed by atoms with Gasteiger partial charge in [0, 0.05) is 42.9 Å². The summed E-state index contributed by atoms with van der Waals surface area (Å²) in [6.07, 6.45) is 0.853. The number of amides is 3. The fourth-order valence-corrected chi connectivity index (χ4v) is 3.52. The molecule has 228 valence electrons. The second-order valence-electron chi connectivity index (χ2n) is 10.3. The van der Waals surface area contributed by atoms with E-state index in [1.807, 2.05) is 60.7 Å². The van der Waals surface area contributed by atoms with Crippen LogP contribution in [0.15, 0.2) is 81.8 Å². The van der Waals surface area contributed by atoms with Crippen molar-refractivity contribution in [2.75, 3.05) is 26.2 Å². The summed E-state index contributed by atoms with van der Waals surface area (Å²) in [5.41, 5.74) is 7.08. The van der Waals surface area contributed by atoms with Gasteiger partial charge in [-0.05, 0) is 40.2 Å². The topological polar surface area (TPSA) is 175 Å². The smallest absolute Gasteiger partial charge is 0.407 e. The number of hydrogen-bond donors (Lipinski definition) is 4. The predicted octanol–water partition coefficient (Wildman–Crippen LogP) is 4.41. The maximum Gasteiger partial charge on any atom is 0.407 e. The third kappa shape index (κ3) is 11.4. The van der Waals surface area contributed by atoms with Crippen molar-refractivity contribution in [2.24, 2.45) is 5.73 Å². The van der Waals surface area contributed by atoms with Gasteiger partial charge in [-0.25, -0.2) is 4.79 Å². The molecule has 0 radical (unpaired) electrons. The molecule has 0 unspecified atom stereocenters. The fraction of sp³-hybridized carbons (Fsp3) is 0.323. The van der Waals surface area contributed by atoms with Gasteiger partial charge in [-0.2, -0.15) is 0 Å². The van der Waals surface area contributed by atoms with Gasteiger partial charge in [0.25, 0.3) is 11.8 Å². The van der Waals surface area contributed by atoms with Crippen molar-refractivity contribution in [2.45, 2.75) is 39.2 Å². The second kappa shape index (κ2) is 16.5. The second-order valence-corrected chi connectivity index (χ2v) is 10.3. The van der Waals surface area contributed by atoms with E-state index < -0.39 is 11.7 Å². The maximum absolute atomic E-state index is 12.0. The molecule has 43 heavy (non-hydrogen) atoms. The van der Waals surface area contributed by atoms with Crippen LogP contribution in [0.25, 0.3) is 22.6 Å². The van der Waals surface area contributed by atoms with Gasteiger partial charge in [-0.3, -0.25) is 9.59 Å².